The third-order valence-corrected chi connectivity index (χ3v) is 7.59. The van der Waals surface area contributed by atoms with Crippen LogP contribution >= 0.6 is 23.2 Å². The minimum atomic E-state index is -3.66. The molecule has 1 fully saturated rings. The average molecular weight is 470 g/mol. The maximum atomic E-state index is 13.4. The van der Waals surface area contributed by atoms with Crippen LogP contribution in [0, 0.1) is 0 Å². The van der Waals surface area contributed by atoms with Crippen LogP contribution in [0.3, 0.4) is 0 Å². The van der Waals surface area contributed by atoms with Gasteiger partial charge in [0.25, 0.3) is 5.91 Å². The largest absolute Gasteiger partial charge is 0.371 e. The van der Waals surface area contributed by atoms with Gasteiger partial charge < -0.3 is 9.80 Å². The van der Waals surface area contributed by atoms with Crippen molar-refractivity contribution in [3.63, 3.8) is 0 Å². The van der Waals surface area contributed by atoms with Crippen LogP contribution in [0.5, 0.6) is 0 Å². The van der Waals surface area contributed by atoms with Crippen molar-refractivity contribution >= 4 is 44.8 Å². The van der Waals surface area contributed by atoms with E-state index in [1.54, 1.807) is 37.4 Å². The minimum Gasteiger partial charge on any atom is -0.371 e. The Kier molecular flexibility index (Phi) is 6.97. The Labute approximate surface area is 188 Å². The Morgan fingerprint density at radius 1 is 1.03 bits per heavy atom. The monoisotopic (exact) mass is 469 g/mol. The average Bonchev–Trinajstić information content (AvgIpc) is 3.23. The van der Waals surface area contributed by atoms with Gasteiger partial charge in [-0.1, -0.05) is 29.3 Å². The standard InChI is InChI=1S/C21H25Cl2N3O3S/c1-24(2)30(28,29)17-8-9-20(26-10-4-5-11-26)18(13-17)21(27)25(3)14-15-6-7-16(22)12-19(15)23/h6-9,12-13H,4-5,10-11,14H2,1-3H3. The second kappa shape index (κ2) is 9.14. The number of hydrogen-bond donors (Lipinski definition) is 0. The van der Waals surface area contributed by atoms with Crippen molar-refractivity contribution in [3.05, 3.63) is 57.6 Å². The zero-order chi connectivity index (χ0) is 22.1. The van der Waals surface area contributed by atoms with Crippen LogP contribution in [0.15, 0.2) is 41.3 Å². The molecule has 2 aromatic carbocycles. The molecule has 9 heteroatoms. The van der Waals surface area contributed by atoms with Crippen LogP contribution in [0.4, 0.5) is 5.69 Å². The second-order valence-electron chi connectivity index (χ2n) is 7.56. The molecule has 1 amide bonds. The Hall–Kier alpha value is -1.80. The lowest BCUT2D eigenvalue weighted by atomic mass is 10.1. The zero-order valence-electron chi connectivity index (χ0n) is 17.2. The summed E-state index contributed by atoms with van der Waals surface area (Å²) >= 11 is 12.2. The first-order valence-electron chi connectivity index (χ1n) is 9.62. The van der Waals surface area contributed by atoms with E-state index in [1.165, 1.54) is 25.1 Å². The zero-order valence-corrected chi connectivity index (χ0v) is 19.6. The lowest BCUT2D eigenvalue weighted by Crippen LogP contribution is -2.30. The van der Waals surface area contributed by atoms with Crippen molar-refractivity contribution in [1.82, 2.24) is 9.21 Å². The number of sulfonamides is 1. The first kappa shape index (κ1) is 22.9. The molecular weight excluding hydrogens is 445 g/mol. The van der Waals surface area contributed by atoms with Gasteiger partial charge >= 0.3 is 0 Å². The number of carbonyl (C=O) groups excluding carboxylic acids is 1. The highest BCUT2D eigenvalue weighted by Gasteiger charge is 2.26. The van der Waals surface area contributed by atoms with E-state index in [4.69, 9.17) is 23.2 Å². The molecule has 0 unspecified atom stereocenters. The number of carbonyl (C=O) groups is 1. The predicted molar refractivity (Wildman–Crippen MR) is 121 cm³/mol. The van der Waals surface area contributed by atoms with Gasteiger partial charge in [-0.2, -0.15) is 0 Å². The molecule has 0 radical (unpaired) electrons. The molecule has 2 aromatic rings. The smallest absolute Gasteiger partial charge is 0.256 e. The van der Waals surface area contributed by atoms with E-state index in [0.717, 1.165) is 41.5 Å². The summed E-state index contributed by atoms with van der Waals surface area (Å²) in [4.78, 5) is 17.1. The highest BCUT2D eigenvalue weighted by atomic mass is 35.5. The lowest BCUT2D eigenvalue weighted by molar-refractivity contribution is 0.0785. The highest BCUT2D eigenvalue weighted by molar-refractivity contribution is 7.89. The van der Waals surface area contributed by atoms with Crippen molar-refractivity contribution in [2.45, 2.75) is 24.3 Å². The van der Waals surface area contributed by atoms with Gasteiger partial charge in [0.15, 0.2) is 0 Å². The van der Waals surface area contributed by atoms with Gasteiger partial charge in [0.1, 0.15) is 0 Å². The molecule has 162 valence electrons. The van der Waals surface area contributed by atoms with Crippen molar-refractivity contribution in [2.24, 2.45) is 0 Å². The molecule has 0 spiro atoms. The highest BCUT2D eigenvalue weighted by Crippen LogP contribution is 2.30. The summed E-state index contributed by atoms with van der Waals surface area (Å²) in [5.41, 5.74) is 1.88. The molecule has 1 aliphatic rings. The maximum Gasteiger partial charge on any atom is 0.256 e. The van der Waals surface area contributed by atoms with E-state index >= 15 is 0 Å². The van der Waals surface area contributed by atoms with Crippen molar-refractivity contribution < 1.29 is 13.2 Å². The third-order valence-electron chi connectivity index (χ3n) is 5.19. The van der Waals surface area contributed by atoms with E-state index in [0.29, 0.717) is 15.6 Å². The van der Waals surface area contributed by atoms with Crippen LogP contribution in [0.25, 0.3) is 0 Å². The molecule has 0 aliphatic carbocycles. The summed E-state index contributed by atoms with van der Waals surface area (Å²) in [7, 11) is 0.958. The molecule has 1 saturated heterocycles. The minimum absolute atomic E-state index is 0.0942. The number of nitrogens with zero attached hydrogens (tertiary/aromatic N) is 3. The summed E-state index contributed by atoms with van der Waals surface area (Å²) in [6.45, 7) is 1.96. The molecule has 0 aromatic heterocycles. The Morgan fingerprint density at radius 2 is 1.70 bits per heavy atom. The van der Waals surface area contributed by atoms with E-state index in [1.807, 2.05) is 0 Å². The van der Waals surface area contributed by atoms with Crippen LogP contribution in [0.1, 0.15) is 28.8 Å². The van der Waals surface area contributed by atoms with Gasteiger partial charge in [-0.3, -0.25) is 4.79 Å². The molecule has 0 bridgehead atoms. The SMILES string of the molecule is CN(Cc1ccc(Cl)cc1Cl)C(=O)c1cc(S(=O)(=O)N(C)C)ccc1N1CCCC1. The van der Waals surface area contributed by atoms with Crippen LogP contribution in [-0.2, 0) is 16.6 Å². The summed E-state index contributed by atoms with van der Waals surface area (Å²) in [5.74, 6) is -0.265. The predicted octanol–water partition coefficient (Wildman–Crippen LogP) is 4.12. The van der Waals surface area contributed by atoms with Gasteiger partial charge in [-0.15, -0.1) is 0 Å². The fourth-order valence-electron chi connectivity index (χ4n) is 3.47. The van der Waals surface area contributed by atoms with Gasteiger partial charge in [-0.25, -0.2) is 12.7 Å². The molecule has 6 nitrogen and oxygen atoms in total. The fourth-order valence-corrected chi connectivity index (χ4v) is 4.87. The molecule has 0 N–H and O–H groups in total. The maximum absolute atomic E-state index is 13.4. The molecule has 0 atom stereocenters. The molecule has 0 saturated carbocycles. The molecule has 3 rings (SSSR count). The quantitative estimate of drug-likeness (QED) is 0.638. The first-order valence-corrected chi connectivity index (χ1v) is 11.8. The first-order chi connectivity index (χ1) is 14.1. The third kappa shape index (κ3) is 4.75. The molecule has 30 heavy (non-hydrogen) atoms. The number of hydrogen-bond acceptors (Lipinski definition) is 4. The molecule has 1 aliphatic heterocycles. The summed E-state index contributed by atoms with van der Waals surface area (Å²) in [6.07, 6.45) is 2.09. The van der Waals surface area contributed by atoms with Crippen LogP contribution in [0.2, 0.25) is 10.0 Å². The summed E-state index contributed by atoms with van der Waals surface area (Å²) < 4.78 is 26.4. The number of amides is 1. The Morgan fingerprint density at radius 3 is 2.30 bits per heavy atom. The van der Waals surface area contributed by atoms with Gasteiger partial charge in [0.2, 0.25) is 10.0 Å². The second-order valence-corrected chi connectivity index (χ2v) is 10.6. The van der Waals surface area contributed by atoms with Gasteiger partial charge in [-0.05, 0) is 48.7 Å². The lowest BCUT2D eigenvalue weighted by Gasteiger charge is -2.25. The van der Waals surface area contributed by atoms with E-state index in [9.17, 15) is 13.2 Å². The summed E-state index contributed by atoms with van der Waals surface area (Å²) in [6, 6.07) is 9.92. The van der Waals surface area contributed by atoms with E-state index < -0.39 is 10.0 Å². The molecular formula is C21H25Cl2N3O3S. The number of benzene rings is 2. The topological polar surface area (TPSA) is 60.9 Å². The number of rotatable bonds is 6. The fraction of sp³-hybridized carbons (Fsp3) is 0.381. The number of halogens is 2. The van der Waals surface area contributed by atoms with Crippen LogP contribution < -0.4 is 4.90 Å². The van der Waals surface area contributed by atoms with Gasteiger partial charge in [0.05, 0.1) is 10.5 Å². The van der Waals surface area contributed by atoms with E-state index in [2.05, 4.69) is 4.90 Å². The Balaban J connectivity index is 1.98. The Bertz CT molecular complexity index is 1050. The van der Waals surface area contributed by atoms with Crippen molar-refractivity contribution in [3.8, 4) is 0 Å². The summed E-state index contributed by atoms with van der Waals surface area (Å²) in [5, 5.41) is 1.00. The molecule has 1 heterocycles. The number of anilines is 1. The normalized spacial score (nSPS) is 14.4. The van der Waals surface area contributed by atoms with Crippen molar-refractivity contribution in [1.29, 1.82) is 0 Å². The van der Waals surface area contributed by atoms with Crippen LogP contribution in [-0.4, -0.2) is 57.8 Å². The van der Waals surface area contributed by atoms with Gasteiger partial charge in [0, 0.05) is 56.5 Å². The van der Waals surface area contributed by atoms with E-state index in [-0.39, 0.29) is 17.3 Å². The van der Waals surface area contributed by atoms with Crippen molar-refractivity contribution in [2.75, 3.05) is 39.1 Å².